The monoisotopic (exact) mass is 376 g/mol. The van der Waals surface area contributed by atoms with Crippen molar-refractivity contribution in [2.45, 2.75) is 6.04 Å². The molecule has 1 N–H and O–H groups in total. The summed E-state index contributed by atoms with van der Waals surface area (Å²) in [6.07, 6.45) is 0. The summed E-state index contributed by atoms with van der Waals surface area (Å²) in [4.78, 5) is 15.8. The van der Waals surface area contributed by atoms with Crippen molar-refractivity contribution in [3.05, 3.63) is 46.7 Å². The zero-order chi connectivity index (χ0) is 18.2. The van der Waals surface area contributed by atoms with E-state index in [4.69, 9.17) is 14.2 Å². The molecule has 1 aliphatic heterocycles. The number of morpholine rings is 1. The molecule has 140 valence electrons. The molecule has 2 heterocycles. The molecule has 6 nitrogen and oxygen atoms in total. The number of ether oxygens (including phenoxy) is 3. The zero-order valence-electron chi connectivity index (χ0n) is 14.8. The Morgan fingerprint density at radius 2 is 2.08 bits per heavy atom. The summed E-state index contributed by atoms with van der Waals surface area (Å²) in [5.74, 6) is 1.18. The van der Waals surface area contributed by atoms with Crippen LogP contribution in [0, 0.1) is 0 Å². The maximum Gasteiger partial charge on any atom is 0.258 e. The van der Waals surface area contributed by atoms with Crippen LogP contribution >= 0.6 is 11.3 Å². The lowest BCUT2D eigenvalue weighted by Crippen LogP contribution is -2.44. The van der Waals surface area contributed by atoms with Crippen molar-refractivity contribution >= 4 is 17.2 Å². The average molecular weight is 376 g/mol. The summed E-state index contributed by atoms with van der Waals surface area (Å²) < 4.78 is 16.2. The third-order valence-electron chi connectivity index (χ3n) is 4.26. The predicted molar refractivity (Wildman–Crippen MR) is 101 cm³/mol. The van der Waals surface area contributed by atoms with Gasteiger partial charge in [-0.05, 0) is 23.6 Å². The highest BCUT2D eigenvalue weighted by atomic mass is 32.1. The molecule has 1 unspecified atom stereocenters. The van der Waals surface area contributed by atoms with Crippen molar-refractivity contribution in [3.8, 4) is 11.5 Å². The van der Waals surface area contributed by atoms with Crippen LogP contribution in [0.3, 0.4) is 0 Å². The molecule has 0 radical (unpaired) electrons. The smallest absolute Gasteiger partial charge is 0.258 e. The lowest BCUT2D eigenvalue weighted by molar-refractivity contribution is -0.123. The van der Waals surface area contributed by atoms with Gasteiger partial charge in [-0.25, -0.2) is 0 Å². The normalized spacial score (nSPS) is 16.0. The Morgan fingerprint density at radius 3 is 2.81 bits per heavy atom. The summed E-state index contributed by atoms with van der Waals surface area (Å²) in [5.41, 5.74) is 0. The van der Waals surface area contributed by atoms with Gasteiger partial charge in [-0.3, -0.25) is 9.69 Å². The molecule has 0 bridgehead atoms. The van der Waals surface area contributed by atoms with Crippen LogP contribution in [0.1, 0.15) is 10.9 Å². The molecule has 1 atom stereocenters. The molecule has 2 aromatic rings. The van der Waals surface area contributed by atoms with E-state index in [0.29, 0.717) is 18.0 Å². The van der Waals surface area contributed by atoms with Gasteiger partial charge < -0.3 is 19.5 Å². The summed E-state index contributed by atoms with van der Waals surface area (Å²) in [7, 11) is 1.60. The fourth-order valence-electron chi connectivity index (χ4n) is 2.88. The first-order valence-corrected chi connectivity index (χ1v) is 9.53. The minimum absolute atomic E-state index is 0.0204. The molecular weight excluding hydrogens is 352 g/mol. The van der Waals surface area contributed by atoms with Crippen LogP contribution in [0.2, 0.25) is 0 Å². The second kappa shape index (κ2) is 9.56. The molecule has 26 heavy (non-hydrogen) atoms. The Balaban J connectivity index is 1.52. The SMILES string of the molecule is COc1cccc(OCC(=O)NCC(c2cccs2)N2CCOCC2)c1. The second-order valence-corrected chi connectivity index (χ2v) is 6.93. The van der Waals surface area contributed by atoms with E-state index in [1.807, 2.05) is 18.2 Å². The third kappa shape index (κ3) is 5.20. The maximum atomic E-state index is 12.2. The standard InChI is InChI=1S/C19H24N2O4S/c1-23-15-4-2-5-16(12-15)25-14-19(22)20-13-17(18-6-3-11-26-18)21-7-9-24-10-8-21/h2-6,11-12,17H,7-10,13-14H2,1H3,(H,20,22). The van der Waals surface area contributed by atoms with Crippen molar-refractivity contribution in [2.75, 3.05) is 46.6 Å². The molecule has 0 saturated carbocycles. The highest BCUT2D eigenvalue weighted by Gasteiger charge is 2.23. The Morgan fingerprint density at radius 1 is 1.27 bits per heavy atom. The highest BCUT2D eigenvalue weighted by Crippen LogP contribution is 2.25. The first kappa shape index (κ1) is 18.7. The number of nitrogens with one attached hydrogen (secondary N) is 1. The van der Waals surface area contributed by atoms with Crippen molar-refractivity contribution < 1.29 is 19.0 Å². The Kier molecular flexibility index (Phi) is 6.88. The van der Waals surface area contributed by atoms with E-state index >= 15 is 0 Å². The fraction of sp³-hybridized carbons (Fsp3) is 0.421. The molecular formula is C19H24N2O4S. The van der Waals surface area contributed by atoms with Gasteiger partial charge in [0, 0.05) is 30.6 Å². The summed E-state index contributed by atoms with van der Waals surface area (Å²) in [6, 6.07) is 11.6. The second-order valence-electron chi connectivity index (χ2n) is 5.95. The Hall–Kier alpha value is -2.09. The van der Waals surface area contributed by atoms with Gasteiger partial charge in [0.15, 0.2) is 6.61 Å². The first-order valence-electron chi connectivity index (χ1n) is 8.65. The van der Waals surface area contributed by atoms with E-state index in [1.165, 1.54) is 4.88 Å². The molecule has 1 aliphatic rings. The summed E-state index contributed by atoms with van der Waals surface area (Å²) in [6.45, 7) is 3.75. The third-order valence-corrected chi connectivity index (χ3v) is 5.24. The summed E-state index contributed by atoms with van der Waals surface area (Å²) in [5, 5.41) is 5.06. The molecule has 0 spiro atoms. The number of rotatable bonds is 8. The van der Waals surface area contributed by atoms with Gasteiger partial charge in [0.1, 0.15) is 11.5 Å². The molecule has 1 fully saturated rings. The van der Waals surface area contributed by atoms with Crippen molar-refractivity contribution in [1.29, 1.82) is 0 Å². The Bertz CT molecular complexity index is 687. The van der Waals surface area contributed by atoms with E-state index < -0.39 is 0 Å². The molecule has 1 saturated heterocycles. The van der Waals surface area contributed by atoms with Crippen LogP contribution in [0.15, 0.2) is 41.8 Å². The van der Waals surface area contributed by atoms with Crippen LogP contribution in [0.5, 0.6) is 11.5 Å². The van der Waals surface area contributed by atoms with Crippen molar-refractivity contribution in [3.63, 3.8) is 0 Å². The van der Waals surface area contributed by atoms with Crippen LogP contribution < -0.4 is 14.8 Å². The number of carbonyl (C=O) groups is 1. The highest BCUT2D eigenvalue weighted by molar-refractivity contribution is 7.10. The van der Waals surface area contributed by atoms with Gasteiger partial charge in [0.2, 0.25) is 0 Å². The van der Waals surface area contributed by atoms with E-state index in [9.17, 15) is 4.79 Å². The molecule has 7 heteroatoms. The van der Waals surface area contributed by atoms with Crippen LogP contribution in [0.25, 0.3) is 0 Å². The Labute approximate surface area is 157 Å². The molecule has 1 aromatic heterocycles. The van der Waals surface area contributed by atoms with Gasteiger partial charge in [0.05, 0.1) is 26.4 Å². The maximum absolute atomic E-state index is 12.2. The number of methoxy groups -OCH3 is 1. The largest absolute Gasteiger partial charge is 0.497 e. The van der Waals surface area contributed by atoms with Crippen LogP contribution in [-0.2, 0) is 9.53 Å². The minimum Gasteiger partial charge on any atom is -0.497 e. The van der Waals surface area contributed by atoms with Crippen molar-refractivity contribution in [1.82, 2.24) is 10.2 Å². The topological polar surface area (TPSA) is 60.0 Å². The van der Waals surface area contributed by atoms with E-state index in [0.717, 1.165) is 26.3 Å². The number of hydrogen-bond donors (Lipinski definition) is 1. The molecule has 1 amide bonds. The van der Waals surface area contributed by atoms with Gasteiger partial charge >= 0.3 is 0 Å². The molecule has 3 rings (SSSR count). The number of amides is 1. The molecule has 1 aromatic carbocycles. The van der Waals surface area contributed by atoms with Crippen LogP contribution in [-0.4, -0.2) is 57.4 Å². The van der Waals surface area contributed by atoms with Gasteiger partial charge in [0.25, 0.3) is 5.91 Å². The van der Waals surface area contributed by atoms with E-state index in [2.05, 4.69) is 21.7 Å². The van der Waals surface area contributed by atoms with Gasteiger partial charge in [-0.15, -0.1) is 11.3 Å². The number of nitrogens with zero attached hydrogens (tertiary/aromatic N) is 1. The average Bonchev–Trinajstić information content (AvgIpc) is 3.22. The quantitative estimate of drug-likeness (QED) is 0.766. The number of thiophene rings is 1. The van der Waals surface area contributed by atoms with Crippen LogP contribution in [0.4, 0.5) is 0 Å². The zero-order valence-corrected chi connectivity index (χ0v) is 15.7. The molecule has 0 aliphatic carbocycles. The summed E-state index contributed by atoms with van der Waals surface area (Å²) >= 11 is 1.71. The number of carbonyl (C=O) groups excluding carboxylic acids is 1. The van der Waals surface area contributed by atoms with Gasteiger partial charge in [-0.2, -0.15) is 0 Å². The predicted octanol–water partition coefficient (Wildman–Crippen LogP) is 2.33. The lowest BCUT2D eigenvalue weighted by atomic mass is 10.2. The van der Waals surface area contributed by atoms with E-state index in [1.54, 1.807) is 30.6 Å². The van der Waals surface area contributed by atoms with Gasteiger partial charge in [-0.1, -0.05) is 12.1 Å². The lowest BCUT2D eigenvalue weighted by Gasteiger charge is -2.34. The number of benzene rings is 1. The number of hydrogen-bond acceptors (Lipinski definition) is 6. The van der Waals surface area contributed by atoms with E-state index in [-0.39, 0.29) is 18.6 Å². The fourth-order valence-corrected chi connectivity index (χ4v) is 3.74. The van der Waals surface area contributed by atoms with Crippen molar-refractivity contribution in [2.24, 2.45) is 0 Å². The minimum atomic E-state index is -0.136. The first-order chi connectivity index (χ1) is 12.8.